The smallest absolute Gasteiger partial charge is 0.255 e. The van der Waals surface area contributed by atoms with E-state index in [0.29, 0.717) is 30.0 Å². The molecule has 2 aromatic heterocycles. The number of piperazine rings is 1. The number of rotatable bonds is 3. The minimum Gasteiger partial charge on any atom is -0.362 e. The molecule has 136 valence electrons. The number of carbonyl (C=O) groups excluding carboxylic acids is 1. The normalized spacial score (nSPS) is 16.4. The summed E-state index contributed by atoms with van der Waals surface area (Å²) in [4.78, 5) is 17.7. The van der Waals surface area contributed by atoms with Gasteiger partial charge in [0.15, 0.2) is 0 Å². The van der Waals surface area contributed by atoms with Gasteiger partial charge in [-0.1, -0.05) is 0 Å². The maximum Gasteiger partial charge on any atom is 0.255 e. The van der Waals surface area contributed by atoms with Crippen LogP contribution in [0.5, 0.6) is 0 Å². The van der Waals surface area contributed by atoms with Crippen molar-refractivity contribution in [3.63, 3.8) is 0 Å². The van der Waals surface area contributed by atoms with Crippen LogP contribution in [0.2, 0.25) is 0 Å². The number of nitrogens with one attached hydrogen (secondary N) is 2. The van der Waals surface area contributed by atoms with Crippen LogP contribution in [0, 0.1) is 27.7 Å². The van der Waals surface area contributed by atoms with Crippen LogP contribution < -0.4 is 0 Å². The van der Waals surface area contributed by atoms with E-state index in [2.05, 4.69) is 15.2 Å². The van der Waals surface area contributed by atoms with E-state index >= 15 is 0 Å². The minimum atomic E-state index is -3.60. The molecule has 1 aliphatic rings. The molecule has 0 radical (unpaired) electrons. The van der Waals surface area contributed by atoms with E-state index in [9.17, 15) is 13.2 Å². The highest BCUT2D eigenvalue weighted by molar-refractivity contribution is 7.89. The SMILES string of the molecule is Cc1cc(C(=O)N2CCN(S(=O)(=O)c3c(C)n[nH]c3C)CC2)c(C)[nH]1. The van der Waals surface area contributed by atoms with Crippen LogP contribution in [0.1, 0.15) is 33.1 Å². The molecule has 1 aliphatic heterocycles. The Morgan fingerprint density at radius 1 is 1.08 bits per heavy atom. The standard InChI is InChI=1S/C16H23N5O3S/c1-10-9-14(11(2)17-10)16(22)20-5-7-21(8-6-20)25(23,24)15-12(3)18-19-13(15)4/h9,17H,5-8H2,1-4H3,(H,18,19). The van der Waals surface area contributed by atoms with E-state index in [1.807, 2.05) is 19.9 Å². The molecule has 0 saturated carbocycles. The Kier molecular flexibility index (Phi) is 4.46. The molecule has 0 spiro atoms. The summed E-state index contributed by atoms with van der Waals surface area (Å²) in [6.07, 6.45) is 0. The summed E-state index contributed by atoms with van der Waals surface area (Å²) < 4.78 is 27.1. The van der Waals surface area contributed by atoms with Crippen molar-refractivity contribution in [1.82, 2.24) is 24.4 Å². The van der Waals surface area contributed by atoms with E-state index in [1.54, 1.807) is 18.7 Å². The summed E-state index contributed by atoms with van der Waals surface area (Å²) in [6.45, 7) is 8.45. The second-order valence-electron chi connectivity index (χ2n) is 6.45. The van der Waals surface area contributed by atoms with Crippen molar-refractivity contribution >= 4 is 15.9 Å². The van der Waals surface area contributed by atoms with Gasteiger partial charge in [0.25, 0.3) is 5.91 Å². The van der Waals surface area contributed by atoms with Crippen LogP contribution in [-0.4, -0.2) is 64.9 Å². The largest absolute Gasteiger partial charge is 0.362 e. The minimum absolute atomic E-state index is 0.0606. The van der Waals surface area contributed by atoms with Gasteiger partial charge in [-0.25, -0.2) is 8.42 Å². The van der Waals surface area contributed by atoms with Crippen LogP contribution in [0.3, 0.4) is 0 Å². The lowest BCUT2D eigenvalue weighted by Gasteiger charge is -2.34. The molecule has 9 heteroatoms. The molecule has 1 amide bonds. The molecule has 8 nitrogen and oxygen atoms in total. The molecular formula is C16H23N5O3S. The maximum absolute atomic E-state index is 12.9. The second-order valence-corrected chi connectivity index (χ2v) is 8.33. The van der Waals surface area contributed by atoms with Gasteiger partial charge in [-0.3, -0.25) is 9.89 Å². The van der Waals surface area contributed by atoms with E-state index in [0.717, 1.165) is 11.4 Å². The number of hydrogen-bond acceptors (Lipinski definition) is 4. The van der Waals surface area contributed by atoms with Gasteiger partial charge in [-0.2, -0.15) is 9.40 Å². The van der Waals surface area contributed by atoms with Crippen molar-refractivity contribution in [2.45, 2.75) is 32.6 Å². The van der Waals surface area contributed by atoms with Gasteiger partial charge in [0.05, 0.1) is 17.0 Å². The van der Waals surface area contributed by atoms with E-state index < -0.39 is 10.0 Å². The number of hydrogen-bond donors (Lipinski definition) is 2. The van der Waals surface area contributed by atoms with Gasteiger partial charge in [0.1, 0.15) is 4.90 Å². The molecule has 2 N–H and O–H groups in total. The van der Waals surface area contributed by atoms with Gasteiger partial charge in [0, 0.05) is 37.6 Å². The van der Waals surface area contributed by atoms with Crippen molar-refractivity contribution in [3.8, 4) is 0 Å². The monoisotopic (exact) mass is 365 g/mol. The average Bonchev–Trinajstić information content (AvgIpc) is 3.08. The van der Waals surface area contributed by atoms with Crippen molar-refractivity contribution in [2.75, 3.05) is 26.2 Å². The number of amides is 1. The fourth-order valence-corrected chi connectivity index (χ4v) is 5.05. The Morgan fingerprint density at radius 2 is 1.72 bits per heavy atom. The first-order valence-corrected chi connectivity index (χ1v) is 9.63. The molecule has 0 unspecified atom stereocenters. The fraction of sp³-hybridized carbons (Fsp3) is 0.500. The Bertz CT molecular complexity index is 885. The third-order valence-corrected chi connectivity index (χ3v) is 6.73. The van der Waals surface area contributed by atoms with Crippen LogP contribution in [0.4, 0.5) is 0 Å². The van der Waals surface area contributed by atoms with Crippen molar-refractivity contribution in [2.24, 2.45) is 0 Å². The zero-order valence-electron chi connectivity index (χ0n) is 14.9. The molecule has 0 aromatic carbocycles. The molecule has 1 saturated heterocycles. The lowest BCUT2D eigenvalue weighted by atomic mass is 10.2. The predicted molar refractivity (Wildman–Crippen MR) is 93.0 cm³/mol. The summed E-state index contributed by atoms with van der Waals surface area (Å²) in [5.74, 6) is -0.0606. The molecule has 2 aromatic rings. The Balaban J connectivity index is 1.74. The van der Waals surface area contributed by atoms with Crippen molar-refractivity contribution < 1.29 is 13.2 Å². The number of aromatic amines is 2. The van der Waals surface area contributed by atoms with E-state index in [-0.39, 0.29) is 23.9 Å². The van der Waals surface area contributed by atoms with Crippen LogP contribution in [-0.2, 0) is 10.0 Å². The summed E-state index contributed by atoms with van der Waals surface area (Å²) in [5.41, 5.74) is 3.43. The molecule has 3 rings (SSSR count). The lowest BCUT2D eigenvalue weighted by molar-refractivity contribution is 0.0697. The van der Waals surface area contributed by atoms with Crippen LogP contribution in [0.15, 0.2) is 11.0 Å². The highest BCUT2D eigenvalue weighted by atomic mass is 32.2. The lowest BCUT2D eigenvalue weighted by Crippen LogP contribution is -2.50. The zero-order valence-corrected chi connectivity index (χ0v) is 15.7. The van der Waals surface area contributed by atoms with Gasteiger partial charge < -0.3 is 9.88 Å². The second kappa shape index (κ2) is 6.30. The number of aryl methyl sites for hydroxylation is 4. The van der Waals surface area contributed by atoms with Gasteiger partial charge >= 0.3 is 0 Å². The van der Waals surface area contributed by atoms with Crippen molar-refractivity contribution in [1.29, 1.82) is 0 Å². The molecule has 3 heterocycles. The molecule has 0 bridgehead atoms. The fourth-order valence-electron chi connectivity index (χ4n) is 3.30. The van der Waals surface area contributed by atoms with Gasteiger partial charge in [-0.15, -0.1) is 0 Å². The number of H-pyrrole nitrogens is 2. The summed E-state index contributed by atoms with van der Waals surface area (Å²) in [6, 6.07) is 1.83. The summed E-state index contributed by atoms with van der Waals surface area (Å²) >= 11 is 0. The number of carbonyl (C=O) groups is 1. The first-order chi connectivity index (χ1) is 11.7. The number of aromatic nitrogens is 3. The summed E-state index contributed by atoms with van der Waals surface area (Å²) in [5, 5.41) is 6.69. The maximum atomic E-state index is 12.9. The first kappa shape index (κ1) is 17.7. The molecule has 1 fully saturated rings. The average molecular weight is 365 g/mol. The molecular weight excluding hydrogens is 342 g/mol. The Hall–Kier alpha value is -2.13. The first-order valence-electron chi connectivity index (χ1n) is 8.19. The van der Waals surface area contributed by atoms with E-state index in [1.165, 1.54) is 4.31 Å². The van der Waals surface area contributed by atoms with Crippen LogP contribution in [0.25, 0.3) is 0 Å². The quantitative estimate of drug-likeness (QED) is 0.851. The van der Waals surface area contributed by atoms with Crippen LogP contribution >= 0.6 is 0 Å². The third kappa shape index (κ3) is 3.09. The van der Waals surface area contributed by atoms with Gasteiger partial charge in [0.2, 0.25) is 10.0 Å². The molecule has 25 heavy (non-hydrogen) atoms. The van der Waals surface area contributed by atoms with E-state index in [4.69, 9.17) is 0 Å². The predicted octanol–water partition coefficient (Wildman–Crippen LogP) is 1.12. The summed E-state index contributed by atoms with van der Waals surface area (Å²) in [7, 11) is -3.60. The highest BCUT2D eigenvalue weighted by Crippen LogP contribution is 2.23. The zero-order chi connectivity index (χ0) is 18.4. The number of sulfonamides is 1. The topological polar surface area (TPSA) is 102 Å². The van der Waals surface area contributed by atoms with Crippen molar-refractivity contribution in [3.05, 3.63) is 34.4 Å². The molecule has 0 atom stereocenters. The Labute approximate surface area is 147 Å². The highest BCUT2D eigenvalue weighted by Gasteiger charge is 2.33. The Morgan fingerprint density at radius 3 is 2.20 bits per heavy atom. The number of nitrogens with zero attached hydrogens (tertiary/aromatic N) is 3. The van der Waals surface area contributed by atoms with Gasteiger partial charge in [-0.05, 0) is 33.8 Å². The molecule has 0 aliphatic carbocycles. The third-order valence-electron chi connectivity index (χ3n) is 4.56.